The molecule has 1 aliphatic carbocycles. The van der Waals surface area contributed by atoms with Crippen molar-refractivity contribution >= 4 is 29.3 Å². The number of anilines is 1. The summed E-state index contributed by atoms with van der Waals surface area (Å²) in [7, 11) is 1.68. The van der Waals surface area contributed by atoms with Crippen LogP contribution in [0.25, 0.3) is 0 Å². The molecule has 2 aliphatic rings. The zero-order valence-electron chi connectivity index (χ0n) is 20.9. The summed E-state index contributed by atoms with van der Waals surface area (Å²) in [4.78, 5) is 42.6. The third kappa shape index (κ3) is 7.04. The molecule has 9 nitrogen and oxygen atoms in total. The topological polar surface area (TPSA) is 137 Å². The number of hydrogen-bond donors (Lipinski definition) is 4. The minimum Gasteiger partial charge on any atom is -0.481 e. The van der Waals surface area contributed by atoms with E-state index in [1.807, 2.05) is 12.1 Å². The lowest BCUT2D eigenvalue weighted by Crippen LogP contribution is -2.43. The molecule has 5 N–H and O–H groups in total. The Morgan fingerprint density at radius 2 is 1.91 bits per heavy atom. The zero-order chi connectivity index (χ0) is 25.4. The van der Waals surface area contributed by atoms with Gasteiger partial charge in [0.05, 0.1) is 6.04 Å². The number of rotatable bonds is 9. The van der Waals surface area contributed by atoms with Gasteiger partial charge in [-0.1, -0.05) is 19.3 Å². The molecule has 0 radical (unpaired) electrons. The predicted molar refractivity (Wildman–Crippen MR) is 137 cm³/mol. The Labute approximate surface area is 207 Å². The molecule has 2 amide bonds. The highest BCUT2D eigenvalue weighted by molar-refractivity contribution is 6.09. The van der Waals surface area contributed by atoms with E-state index in [1.165, 1.54) is 24.8 Å². The number of carbonyl (C=O) groups is 3. The van der Waals surface area contributed by atoms with Crippen LogP contribution in [0.1, 0.15) is 81.8 Å². The Bertz CT molecular complexity index is 940. The van der Waals surface area contributed by atoms with Gasteiger partial charge in [0, 0.05) is 37.8 Å². The number of hydrogen-bond acceptors (Lipinski definition) is 6. The van der Waals surface area contributed by atoms with Crippen LogP contribution in [-0.4, -0.2) is 60.9 Å². The van der Waals surface area contributed by atoms with Gasteiger partial charge in [-0.15, -0.1) is 0 Å². The average molecular weight is 486 g/mol. The fourth-order valence-corrected chi connectivity index (χ4v) is 5.05. The number of carboxylic acids is 1. The van der Waals surface area contributed by atoms with E-state index in [9.17, 15) is 14.4 Å². The van der Waals surface area contributed by atoms with Gasteiger partial charge in [-0.05, 0) is 68.7 Å². The minimum atomic E-state index is -0.874. The second-order valence-corrected chi connectivity index (χ2v) is 9.58. The highest BCUT2D eigenvalue weighted by Crippen LogP contribution is 2.40. The van der Waals surface area contributed by atoms with Crippen LogP contribution in [-0.2, 0) is 14.4 Å². The molecule has 1 heterocycles. The largest absolute Gasteiger partial charge is 0.481 e. The van der Waals surface area contributed by atoms with Crippen molar-refractivity contribution in [1.82, 2.24) is 10.6 Å². The molecule has 3 rings (SSSR count). The fraction of sp³-hybridized carbons (Fsp3) is 0.615. The predicted octanol–water partition coefficient (Wildman–Crippen LogP) is 2.52. The minimum absolute atomic E-state index is 0.0140. The van der Waals surface area contributed by atoms with Crippen molar-refractivity contribution in [1.29, 1.82) is 0 Å². The van der Waals surface area contributed by atoms with Crippen LogP contribution in [0.3, 0.4) is 0 Å². The number of nitrogens with two attached hydrogens (primary N) is 1. The molecule has 1 aromatic rings. The number of amides is 2. The van der Waals surface area contributed by atoms with E-state index in [-0.39, 0.29) is 30.8 Å². The normalized spacial score (nSPS) is 19.9. The van der Waals surface area contributed by atoms with Gasteiger partial charge in [-0.2, -0.15) is 0 Å². The maximum Gasteiger partial charge on any atom is 0.303 e. The highest BCUT2D eigenvalue weighted by atomic mass is 16.4. The van der Waals surface area contributed by atoms with Crippen molar-refractivity contribution in [3.8, 4) is 0 Å². The first-order valence-electron chi connectivity index (χ1n) is 12.8. The number of aliphatic imine (C=N–C) groups is 1. The summed E-state index contributed by atoms with van der Waals surface area (Å²) < 4.78 is 0. The first-order chi connectivity index (χ1) is 16.8. The number of nitrogens with zero attached hydrogens (tertiary/aromatic N) is 2. The second kappa shape index (κ2) is 12.7. The molecule has 9 heteroatoms. The molecule has 35 heavy (non-hydrogen) atoms. The Morgan fingerprint density at radius 3 is 2.57 bits per heavy atom. The molecule has 2 fully saturated rings. The third-order valence-electron chi connectivity index (χ3n) is 6.93. The van der Waals surface area contributed by atoms with E-state index < -0.39 is 12.0 Å². The molecule has 1 saturated carbocycles. The van der Waals surface area contributed by atoms with Gasteiger partial charge < -0.3 is 26.4 Å². The van der Waals surface area contributed by atoms with Gasteiger partial charge in [0.15, 0.2) is 0 Å². The van der Waals surface area contributed by atoms with Gasteiger partial charge in [0.2, 0.25) is 11.8 Å². The first-order valence-corrected chi connectivity index (χ1v) is 12.8. The summed E-state index contributed by atoms with van der Waals surface area (Å²) in [6.07, 6.45) is 7.93. The number of carboxylic acid groups (broad SMARTS) is 1. The Balaban J connectivity index is 1.99. The standard InChI is InChI=1S/C26H39N5O4/c1-17(27)25(34)30-24(29-14-6-11-23(32)33)19-12-13-21(20(16-19)18-8-4-3-5-9-18)31-15-7-10-22(31)26(35)28-2/h12-13,16-18,22H,3-11,14-15,27H2,1-2H3,(H,28,35)(H,32,33)(H,29,30,34)/t17-,22-/m0/s1. The summed E-state index contributed by atoms with van der Waals surface area (Å²) in [5.74, 6) is -0.398. The number of benzene rings is 1. The SMILES string of the molecule is CNC(=O)[C@@H]1CCCN1c1ccc(C(=NCCCC(=O)O)NC(=O)[C@H](C)N)cc1C1CCCCC1. The number of nitrogens with one attached hydrogen (secondary N) is 2. The maximum atomic E-state index is 12.6. The second-order valence-electron chi connectivity index (χ2n) is 9.58. The van der Waals surface area contributed by atoms with Gasteiger partial charge in [0.1, 0.15) is 11.9 Å². The first kappa shape index (κ1) is 26.7. The number of amidine groups is 1. The highest BCUT2D eigenvalue weighted by Gasteiger charge is 2.33. The molecule has 192 valence electrons. The van der Waals surface area contributed by atoms with E-state index in [4.69, 9.17) is 10.8 Å². The van der Waals surface area contributed by atoms with Crippen molar-refractivity contribution in [2.75, 3.05) is 25.0 Å². The molecule has 2 atom stereocenters. The molecule has 0 spiro atoms. The number of aliphatic carboxylic acids is 1. The summed E-state index contributed by atoms with van der Waals surface area (Å²) in [5, 5.41) is 14.6. The molecule has 1 aliphatic heterocycles. The van der Waals surface area contributed by atoms with Crippen LogP contribution in [0.5, 0.6) is 0 Å². The van der Waals surface area contributed by atoms with E-state index in [0.29, 0.717) is 18.2 Å². The molecule has 0 bridgehead atoms. The third-order valence-corrected chi connectivity index (χ3v) is 6.93. The van der Waals surface area contributed by atoms with Crippen molar-refractivity contribution in [3.05, 3.63) is 29.3 Å². The lowest BCUT2D eigenvalue weighted by molar-refractivity contribution is -0.137. The summed E-state index contributed by atoms with van der Waals surface area (Å²) in [6.45, 7) is 2.72. The summed E-state index contributed by atoms with van der Waals surface area (Å²) >= 11 is 0. The average Bonchev–Trinajstić information content (AvgIpc) is 3.35. The summed E-state index contributed by atoms with van der Waals surface area (Å²) in [6, 6.07) is 5.19. The number of likely N-dealkylation sites (N-methyl/N-ethyl adjacent to an activating group) is 1. The Morgan fingerprint density at radius 1 is 1.17 bits per heavy atom. The Hall–Kier alpha value is -2.94. The lowest BCUT2D eigenvalue weighted by atomic mass is 9.82. The van der Waals surface area contributed by atoms with Gasteiger partial charge in [-0.3, -0.25) is 19.4 Å². The molecular formula is C26H39N5O4. The van der Waals surface area contributed by atoms with Crippen molar-refractivity contribution < 1.29 is 19.5 Å². The van der Waals surface area contributed by atoms with Crippen LogP contribution >= 0.6 is 0 Å². The Kier molecular flexibility index (Phi) is 9.65. The van der Waals surface area contributed by atoms with Crippen LogP contribution in [0.2, 0.25) is 0 Å². The van der Waals surface area contributed by atoms with Crippen LogP contribution in [0.4, 0.5) is 5.69 Å². The molecular weight excluding hydrogens is 446 g/mol. The zero-order valence-corrected chi connectivity index (χ0v) is 20.9. The van der Waals surface area contributed by atoms with Gasteiger partial charge in [0.25, 0.3) is 0 Å². The van der Waals surface area contributed by atoms with E-state index in [1.54, 1.807) is 14.0 Å². The fourth-order valence-electron chi connectivity index (χ4n) is 5.05. The monoisotopic (exact) mass is 485 g/mol. The quantitative estimate of drug-likeness (QED) is 0.241. The maximum absolute atomic E-state index is 12.6. The number of carbonyl (C=O) groups excluding carboxylic acids is 2. The van der Waals surface area contributed by atoms with Crippen molar-refractivity contribution in [3.63, 3.8) is 0 Å². The van der Waals surface area contributed by atoms with E-state index in [0.717, 1.165) is 43.5 Å². The van der Waals surface area contributed by atoms with Crippen LogP contribution in [0, 0.1) is 0 Å². The smallest absolute Gasteiger partial charge is 0.303 e. The molecule has 0 aromatic heterocycles. The van der Waals surface area contributed by atoms with Crippen LogP contribution in [0.15, 0.2) is 23.2 Å². The lowest BCUT2D eigenvalue weighted by Gasteiger charge is -2.32. The van der Waals surface area contributed by atoms with Crippen molar-refractivity contribution in [2.45, 2.75) is 82.7 Å². The molecule has 0 unspecified atom stereocenters. The van der Waals surface area contributed by atoms with Crippen molar-refractivity contribution in [2.24, 2.45) is 10.7 Å². The van der Waals surface area contributed by atoms with E-state index in [2.05, 4.69) is 26.6 Å². The van der Waals surface area contributed by atoms with Gasteiger partial charge >= 0.3 is 5.97 Å². The van der Waals surface area contributed by atoms with E-state index >= 15 is 0 Å². The van der Waals surface area contributed by atoms with Gasteiger partial charge in [-0.25, -0.2) is 0 Å². The summed E-state index contributed by atoms with van der Waals surface area (Å²) in [5.41, 5.74) is 8.82. The van der Waals surface area contributed by atoms with Crippen LogP contribution < -0.4 is 21.3 Å². The molecule has 1 saturated heterocycles. The molecule has 1 aromatic carbocycles.